The Balaban J connectivity index is 1.99. The Hall–Kier alpha value is -1.04. The number of aliphatic hydroxyl groups excluding tert-OH is 1. The van der Waals surface area contributed by atoms with Gasteiger partial charge >= 0.3 is 0 Å². The summed E-state index contributed by atoms with van der Waals surface area (Å²) in [5.74, 6) is -0.438. The van der Waals surface area contributed by atoms with Crippen LogP contribution < -0.4 is 0 Å². The molecule has 1 saturated heterocycles. The van der Waals surface area contributed by atoms with Crippen LogP contribution in [-0.2, 0) is 6.54 Å². The number of hydrogen-bond acceptors (Lipinski definition) is 3. The van der Waals surface area contributed by atoms with E-state index < -0.39 is 11.6 Å². The van der Waals surface area contributed by atoms with Gasteiger partial charge in [-0.2, -0.15) is 0 Å². The number of halogens is 2. The highest BCUT2D eigenvalue weighted by atomic mass is 19.1. The highest BCUT2D eigenvalue weighted by Gasteiger charge is 2.27. The van der Waals surface area contributed by atoms with E-state index in [9.17, 15) is 13.9 Å². The molecule has 0 bridgehead atoms. The van der Waals surface area contributed by atoms with E-state index in [1.807, 2.05) is 0 Å². The molecule has 0 spiro atoms. The second-order valence-corrected chi connectivity index (χ2v) is 6.53. The lowest BCUT2D eigenvalue weighted by Gasteiger charge is -2.42. The Kier molecular flexibility index (Phi) is 6.29. The Morgan fingerprint density at radius 1 is 1.27 bits per heavy atom. The van der Waals surface area contributed by atoms with E-state index in [2.05, 4.69) is 23.6 Å². The lowest BCUT2D eigenvalue weighted by atomic mass is 10.1. The van der Waals surface area contributed by atoms with E-state index >= 15 is 0 Å². The standard InChI is InChI=1S/C17H26F2N2O/c1-13(2)10-21-7-6-20(12-16(21)5-8-22)11-14-3-4-15(18)9-17(14)19/h3-4,9,13,16,22H,5-8,10-12H2,1-2H3. The van der Waals surface area contributed by atoms with E-state index in [4.69, 9.17) is 0 Å². The summed E-state index contributed by atoms with van der Waals surface area (Å²) in [6, 6.07) is 4.06. The third kappa shape index (κ3) is 4.73. The first-order valence-electron chi connectivity index (χ1n) is 8.00. The van der Waals surface area contributed by atoms with Gasteiger partial charge in [0.2, 0.25) is 0 Å². The fraction of sp³-hybridized carbons (Fsp3) is 0.647. The average Bonchev–Trinajstić information content (AvgIpc) is 2.44. The van der Waals surface area contributed by atoms with Crippen LogP contribution in [0.1, 0.15) is 25.8 Å². The van der Waals surface area contributed by atoms with Crippen LogP contribution in [0.15, 0.2) is 18.2 Å². The van der Waals surface area contributed by atoms with Gasteiger partial charge in [0.15, 0.2) is 0 Å². The van der Waals surface area contributed by atoms with E-state index in [0.717, 1.165) is 38.7 Å². The van der Waals surface area contributed by atoms with Crippen LogP contribution >= 0.6 is 0 Å². The maximum absolute atomic E-state index is 13.8. The number of nitrogens with zero attached hydrogens (tertiary/aromatic N) is 2. The van der Waals surface area contributed by atoms with Gasteiger partial charge in [0.05, 0.1) is 0 Å². The molecular weight excluding hydrogens is 286 g/mol. The molecule has 0 radical (unpaired) electrons. The van der Waals surface area contributed by atoms with Crippen LogP contribution in [0, 0.1) is 17.6 Å². The number of benzene rings is 1. The topological polar surface area (TPSA) is 26.7 Å². The van der Waals surface area contributed by atoms with Crippen molar-refractivity contribution >= 4 is 0 Å². The van der Waals surface area contributed by atoms with Crippen molar-refractivity contribution in [3.63, 3.8) is 0 Å². The molecule has 1 atom stereocenters. The molecule has 1 N–H and O–H groups in total. The first kappa shape index (κ1) is 17.3. The SMILES string of the molecule is CC(C)CN1CCN(Cc2ccc(F)cc2F)CC1CCO. The van der Waals surface area contributed by atoms with Crippen molar-refractivity contribution in [2.75, 3.05) is 32.8 Å². The van der Waals surface area contributed by atoms with Gasteiger partial charge in [-0.1, -0.05) is 19.9 Å². The molecule has 22 heavy (non-hydrogen) atoms. The van der Waals surface area contributed by atoms with Crippen LogP contribution in [0.2, 0.25) is 0 Å². The molecule has 1 heterocycles. The molecule has 1 fully saturated rings. The second-order valence-electron chi connectivity index (χ2n) is 6.53. The normalized spacial score (nSPS) is 20.7. The summed E-state index contributed by atoms with van der Waals surface area (Å²) >= 11 is 0. The summed E-state index contributed by atoms with van der Waals surface area (Å²) < 4.78 is 26.8. The number of rotatable bonds is 6. The fourth-order valence-electron chi connectivity index (χ4n) is 3.12. The molecule has 2 rings (SSSR count). The van der Waals surface area contributed by atoms with Crippen molar-refractivity contribution in [2.45, 2.75) is 32.9 Å². The van der Waals surface area contributed by atoms with Gasteiger partial charge in [0, 0.05) is 57.0 Å². The quantitative estimate of drug-likeness (QED) is 0.874. The van der Waals surface area contributed by atoms with Crippen molar-refractivity contribution < 1.29 is 13.9 Å². The molecule has 0 amide bonds. The monoisotopic (exact) mass is 312 g/mol. The van der Waals surface area contributed by atoms with Crippen molar-refractivity contribution in [3.8, 4) is 0 Å². The van der Waals surface area contributed by atoms with E-state index in [1.54, 1.807) is 0 Å². The number of piperazine rings is 1. The Labute approximate surface area is 131 Å². The van der Waals surface area contributed by atoms with E-state index in [-0.39, 0.29) is 6.61 Å². The van der Waals surface area contributed by atoms with Gasteiger partial charge in [0.1, 0.15) is 11.6 Å². The zero-order valence-electron chi connectivity index (χ0n) is 13.4. The molecule has 5 heteroatoms. The van der Waals surface area contributed by atoms with Gasteiger partial charge in [-0.15, -0.1) is 0 Å². The highest BCUT2D eigenvalue weighted by molar-refractivity contribution is 5.18. The third-order valence-corrected chi connectivity index (χ3v) is 4.16. The summed E-state index contributed by atoms with van der Waals surface area (Å²) in [6.45, 7) is 8.65. The second kappa shape index (κ2) is 7.99. The molecule has 124 valence electrons. The maximum atomic E-state index is 13.8. The van der Waals surface area contributed by atoms with Crippen LogP contribution in [0.5, 0.6) is 0 Å². The van der Waals surface area contributed by atoms with Gasteiger partial charge in [0.25, 0.3) is 0 Å². The van der Waals surface area contributed by atoms with Gasteiger partial charge < -0.3 is 5.11 Å². The molecule has 0 saturated carbocycles. The zero-order valence-corrected chi connectivity index (χ0v) is 13.4. The molecule has 0 aliphatic carbocycles. The van der Waals surface area contributed by atoms with Crippen molar-refractivity contribution in [1.29, 1.82) is 0 Å². The molecule has 1 unspecified atom stereocenters. The first-order valence-corrected chi connectivity index (χ1v) is 8.00. The lowest BCUT2D eigenvalue weighted by Crippen LogP contribution is -2.53. The van der Waals surface area contributed by atoms with Gasteiger partial charge in [-0.3, -0.25) is 9.80 Å². The zero-order chi connectivity index (χ0) is 16.1. The molecule has 3 nitrogen and oxygen atoms in total. The molecule has 0 aromatic heterocycles. The van der Waals surface area contributed by atoms with Gasteiger partial charge in [-0.05, 0) is 18.4 Å². The molecule has 1 aliphatic heterocycles. The first-order chi connectivity index (χ1) is 10.5. The van der Waals surface area contributed by atoms with E-state index in [0.29, 0.717) is 24.1 Å². The van der Waals surface area contributed by atoms with Crippen molar-refractivity contribution in [3.05, 3.63) is 35.4 Å². The third-order valence-electron chi connectivity index (χ3n) is 4.16. The predicted octanol–water partition coefficient (Wildman–Crippen LogP) is 2.49. The minimum atomic E-state index is -0.541. The number of aliphatic hydroxyl groups is 1. The lowest BCUT2D eigenvalue weighted by molar-refractivity contribution is 0.0472. The summed E-state index contributed by atoms with van der Waals surface area (Å²) in [5, 5.41) is 9.27. The predicted molar refractivity (Wildman–Crippen MR) is 83.5 cm³/mol. The molecule has 1 aromatic rings. The van der Waals surface area contributed by atoms with Crippen LogP contribution in [0.25, 0.3) is 0 Å². The summed E-state index contributed by atoms with van der Waals surface area (Å²) in [5.41, 5.74) is 0.529. The number of hydrogen-bond donors (Lipinski definition) is 1. The van der Waals surface area contributed by atoms with Crippen molar-refractivity contribution in [1.82, 2.24) is 9.80 Å². The molecular formula is C17H26F2N2O. The minimum absolute atomic E-state index is 0.165. The molecule has 1 aliphatic rings. The maximum Gasteiger partial charge on any atom is 0.130 e. The summed E-state index contributed by atoms with van der Waals surface area (Å²) in [6.07, 6.45) is 0.731. The Morgan fingerprint density at radius 3 is 2.68 bits per heavy atom. The fourth-order valence-corrected chi connectivity index (χ4v) is 3.12. The van der Waals surface area contributed by atoms with Crippen LogP contribution in [0.4, 0.5) is 8.78 Å². The minimum Gasteiger partial charge on any atom is -0.396 e. The average molecular weight is 312 g/mol. The smallest absolute Gasteiger partial charge is 0.130 e. The highest BCUT2D eigenvalue weighted by Crippen LogP contribution is 2.18. The van der Waals surface area contributed by atoms with Crippen LogP contribution in [-0.4, -0.2) is 53.7 Å². The molecule has 1 aromatic carbocycles. The summed E-state index contributed by atoms with van der Waals surface area (Å²) in [4.78, 5) is 4.60. The van der Waals surface area contributed by atoms with Crippen molar-refractivity contribution in [2.24, 2.45) is 5.92 Å². The largest absolute Gasteiger partial charge is 0.396 e. The van der Waals surface area contributed by atoms with Gasteiger partial charge in [-0.25, -0.2) is 8.78 Å². The summed E-state index contributed by atoms with van der Waals surface area (Å²) in [7, 11) is 0. The Bertz CT molecular complexity index is 482. The Morgan fingerprint density at radius 2 is 2.05 bits per heavy atom. The van der Waals surface area contributed by atoms with E-state index in [1.165, 1.54) is 12.1 Å². The van der Waals surface area contributed by atoms with Crippen LogP contribution in [0.3, 0.4) is 0 Å².